The largest absolute Gasteiger partial charge is 0.466 e. The molecule has 3 rings (SSSR count). The van der Waals surface area contributed by atoms with Gasteiger partial charge >= 0.3 is 5.97 Å². The number of esters is 1. The molecular weight excluding hydrogens is 337 g/mol. The maximum atomic E-state index is 14.0. The molecule has 1 aromatic carbocycles. The van der Waals surface area contributed by atoms with Crippen molar-refractivity contribution in [1.82, 2.24) is 5.06 Å². The first-order chi connectivity index (χ1) is 11.5. The normalized spacial score (nSPS) is 24.8. The molecular formula is C17H19ClFNO4. The van der Waals surface area contributed by atoms with Gasteiger partial charge in [0.05, 0.1) is 12.1 Å². The molecule has 2 unspecified atom stereocenters. The van der Waals surface area contributed by atoms with E-state index in [1.54, 1.807) is 24.1 Å². The third kappa shape index (κ3) is 3.01. The minimum Gasteiger partial charge on any atom is -0.466 e. The molecule has 1 fully saturated rings. The van der Waals surface area contributed by atoms with Gasteiger partial charge in [-0.3, -0.25) is 0 Å². The lowest BCUT2D eigenvalue weighted by atomic mass is 9.97. The van der Waals surface area contributed by atoms with Crippen LogP contribution in [-0.4, -0.2) is 31.0 Å². The predicted octanol–water partition coefficient (Wildman–Crippen LogP) is 3.74. The molecule has 0 amide bonds. The van der Waals surface area contributed by atoms with Gasteiger partial charge in [0.1, 0.15) is 29.4 Å². The molecule has 0 N–H and O–H groups in total. The van der Waals surface area contributed by atoms with Gasteiger partial charge in [-0.2, -0.15) is 0 Å². The zero-order chi connectivity index (χ0) is 17.3. The van der Waals surface area contributed by atoms with Gasteiger partial charge in [-0.05, 0) is 37.8 Å². The zero-order valence-electron chi connectivity index (χ0n) is 13.6. The van der Waals surface area contributed by atoms with E-state index < -0.39 is 17.8 Å². The van der Waals surface area contributed by atoms with E-state index in [0.717, 1.165) is 19.3 Å². The quantitative estimate of drug-likeness (QED) is 0.773. The molecule has 24 heavy (non-hydrogen) atoms. The van der Waals surface area contributed by atoms with Crippen molar-refractivity contribution in [2.24, 2.45) is 0 Å². The SMILES string of the molecule is COC(=O)C1=C(C)ON(C2CCCCO2)C1c1cccc(F)c1Cl. The fourth-order valence-electron chi connectivity index (χ4n) is 3.12. The summed E-state index contributed by atoms with van der Waals surface area (Å²) in [6.45, 7) is 2.29. The van der Waals surface area contributed by atoms with Crippen molar-refractivity contribution in [2.45, 2.75) is 38.5 Å². The van der Waals surface area contributed by atoms with E-state index in [4.69, 9.17) is 25.9 Å². The van der Waals surface area contributed by atoms with Crippen molar-refractivity contribution in [2.75, 3.05) is 13.7 Å². The molecule has 2 atom stereocenters. The number of halogens is 2. The molecule has 1 saturated heterocycles. The van der Waals surface area contributed by atoms with Gasteiger partial charge in [-0.1, -0.05) is 23.7 Å². The van der Waals surface area contributed by atoms with Gasteiger partial charge in [0.25, 0.3) is 0 Å². The summed E-state index contributed by atoms with van der Waals surface area (Å²) >= 11 is 6.17. The Morgan fingerprint density at radius 2 is 2.21 bits per heavy atom. The molecule has 2 aliphatic heterocycles. The summed E-state index contributed by atoms with van der Waals surface area (Å²) in [5.41, 5.74) is 0.752. The lowest BCUT2D eigenvalue weighted by molar-refractivity contribution is -0.242. The highest BCUT2D eigenvalue weighted by Crippen LogP contribution is 2.44. The number of benzene rings is 1. The van der Waals surface area contributed by atoms with Crippen LogP contribution in [0.2, 0.25) is 5.02 Å². The minimum absolute atomic E-state index is 0.0389. The van der Waals surface area contributed by atoms with Crippen molar-refractivity contribution in [1.29, 1.82) is 0 Å². The van der Waals surface area contributed by atoms with Crippen LogP contribution in [-0.2, 0) is 19.1 Å². The van der Waals surface area contributed by atoms with E-state index in [9.17, 15) is 9.18 Å². The number of hydroxylamine groups is 2. The number of methoxy groups -OCH3 is 1. The van der Waals surface area contributed by atoms with Crippen LogP contribution < -0.4 is 0 Å². The molecule has 0 saturated carbocycles. The number of hydrogen-bond donors (Lipinski definition) is 0. The van der Waals surface area contributed by atoms with Crippen LogP contribution in [0, 0.1) is 5.82 Å². The molecule has 2 heterocycles. The number of rotatable bonds is 3. The Morgan fingerprint density at radius 1 is 1.42 bits per heavy atom. The van der Waals surface area contributed by atoms with Gasteiger partial charge in [0.2, 0.25) is 0 Å². The molecule has 1 aromatic rings. The summed E-state index contributed by atoms with van der Waals surface area (Å²) < 4.78 is 24.6. The van der Waals surface area contributed by atoms with Crippen LogP contribution in [0.1, 0.15) is 37.8 Å². The van der Waals surface area contributed by atoms with E-state index in [0.29, 0.717) is 23.5 Å². The average molecular weight is 356 g/mol. The molecule has 0 radical (unpaired) electrons. The van der Waals surface area contributed by atoms with Crippen molar-refractivity contribution < 1.29 is 23.5 Å². The molecule has 0 bridgehead atoms. The Hall–Kier alpha value is -1.63. The zero-order valence-corrected chi connectivity index (χ0v) is 14.3. The number of hydrogen-bond acceptors (Lipinski definition) is 5. The molecule has 0 aromatic heterocycles. The van der Waals surface area contributed by atoms with E-state index in [1.807, 2.05) is 0 Å². The summed E-state index contributed by atoms with van der Waals surface area (Å²) in [6, 6.07) is 3.83. The molecule has 2 aliphatic rings. The summed E-state index contributed by atoms with van der Waals surface area (Å²) in [7, 11) is 1.30. The predicted molar refractivity (Wildman–Crippen MR) is 85.4 cm³/mol. The first-order valence-corrected chi connectivity index (χ1v) is 8.23. The molecule has 0 spiro atoms. The highest BCUT2D eigenvalue weighted by molar-refractivity contribution is 6.31. The average Bonchev–Trinajstić information content (AvgIpc) is 2.94. The van der Waals surface area contributed by atoms with Gasteiger partial charge in [-0.25, -0.2) is 9.18 Å². The summed E-state index contributed by atoms with van der Waals surface area (Å²) in [5.74, 6) is -0.676. The summed E-state index contributed by atoms with van der Waals surface area (Å²) in [4.78, 5) is 18.1. The standard InChI is InChI=1S/C17H19ClFNO4/c1-10-14(17(21)22-2)16(11-6-5-7-12(19)15(11)18)20(24-10)13-8-3-4-9-23-13/h5-7,13,16H,3-4,8-9H2,1-2H3. The van der Waals surface area contributed by atoms with Crippen LogP contribution in [0.4, 0.5) is 4.39 Å². The van der Waals surface area contributed by atoms with E-state index in [-0.39, 0.29) is 11.3 Å². The van der Waals surface area contributed by atoms with Gasteiger partial charge in [0.15, 0.2) is 0 Å². The third-order valence-electron chi connectivity index (χ3n) is 4.27. The second-order valence-electron chi connectivity index (χ2n) is 5.78. The Kier molecular flexibility index (Phi) is 5.08. The van der Waals surface area contributed by atoms with E-state index >= 15 is 0 Å². The lowest BCUT2D eigenvalue weighted by Gasteiger charge is -2.34. The second-order valence-corrected chi connectivity index (χ2v) is 6.16. The Bertz CT molecular complexity index is 673. The van der Waals surface area contributed by atoms with Crippen molar-refractivity contribution in [3.8, 4) is 0 Å². The first-order valence-electron chi connectivity index (χ1n) is 7.85. The molecule has 5 nitrogen and oxygen atoms in total. The third-order valence-corrected chi connectivity index (χ3v) is 4.67. The molecule has 0 aliphatic carbocycles. The van der Waals surface area contributed by atoms with Crippen LogP contribution >= 0.6 is 11.6 Å². The van der Waals surface area contributed by atoms with Crippen molar-refractivity contribution in [3.63, 3.8) is 0 Å². The number of carbonyl (C=O) groups is 1. The number of nitrogens with zero attached hydrogens (tertiary/aromatic N) is 1. The fraction of sp³-hybridized carbons (Fsp3) is 0.471. The van der Waals surface area contributed by atoms with Crippen LogP contribution in [0.3, 0.4) is 0 Å². The van der Waals surface area contributed by atoms with E-state index in [2.05, 4.69) is 0 Å². The minimum atomic E-state index is -0.677. The topological polar surface area (TPSA) is 48.0 Å². The fourth-order valence-corrected chi connectivity index (χ4v) is 3.35. The first kappa shape index (κ1) is 17.2. The Balaban J connectivity index is 2.05. The monoisotopic (exact) mass is 355 g/mol. The van der Waals surface area contributed by atoms with Crippen molar-refractivity contribution >= 4 is 17.6 Å². The van der Waals surface area contributed by atoms with Crippen LogP contribution in [0.15, 0.2) is 29.5 Å². The number of carbonyl (C=O) groups excluding carboxylic acids is 1. The molecule has 7 heteroatoms. The highest BCUT2D eigenvalue weighted by atomic mass is 35.5. The second kappa shape index (κ2) is 7.09. The summed E-state index contributed by atoms with van der Waals surface area (Å²) in [6.07, 6.45) is 2.39. The van der Waals surface area contributed by atoms with Crippen LogP contribution in [0.25, 0.3) is 0 Å². The Morgan fingerprint density at radius 3 is 2.88 bits per heavy atom. The number of ether oxygens (including phenoxy) is 2. The number of allylic oxidation sites excluding steroid dienone is 1. The maximum absolute atomic E-state index is 14.0. The van der Waals surface area contributed by atoms with Gasteiger partial charge < -0.3 is 14.3 Å². The smallest absolute Gasteiger partial charge is 0.339 e. The Labute approximate surface area is 144 Å². The van der Waals surface area contributed by atoms with Crippen LogP contribution in [0.5, 0.6) is 0 Å². The van der Waals surface area contributed by atoms with Crippen molar-refractivity contribution in [3.05, 3.63) is 45.9 Å². The van der Waals surface area contributed by atoms with E-state index in [1.165, 1.54) is 13.2 Å². The van der Waals surface area contributed by atoms with Gasteiger partial charge in [-0.15, -0.1) is 5.06 Å². The highest BCUT2D eigenvalue weighted by Gasteiger charge is 2.44. The van der Waals surface area contributed by atoms with Gasteiger partial charge in [0, 0.05) is 6.61 Å². The maximum Gasteiger partial charge on any atom is 0.339 e. The lowest BCUT2D eigenvalue weighted by Crippen LogP contribution is -2.40. The molecule has 130 valence electrons. The summed E-state index contributed by atoms with van der Waals surface area (Å²) in [5, 5.41) is 1.55.